The van der Waals surface area contributed by atoms with Crippen LogP contribution in [-0.4, -0.2) is 11.1 Å². The summed E-state index contributed by atoms with van der Waals surface area (Å²) in [5.41, 5.74) is 5.22. The second-order valence-corrected chi connectivity index (χ2v) is 3.13. The second-order valence-electron chi connectivity index (χ2n) is 2.10. The number of rotatable bonds is 1. The zero-order valence-corrected chi connectivity index (χ0v) is 6.50. The van der Waals surface area contributed by atoms with Gasteiger partial charge in [-0.05, 0) is 4.90 Å². The Morgan fingerprint density at radius 2 is 2.58 bits per heavy atom. The first-order chi connectivity index (χ1) is 5.68. The van der Waals surface area contributed by atoms with Crippen LogP contribution in [0, 0.1) is 5.21 Å². The number of amides is 1. The lowest BCUT2D eigenvalue weighted by atomic mass is 10.4. The van der Waals surface area contributed by atoms with Crippen LogP contribution in [0.25, 0.3) is 10.3 Å². The summed E-state index contributed by atoms with van der Waals surface area (Å²) in [6.07, 6.45) is 0. The van der Waals surface area contributed by atoms with Crippen molar-refractivity contribution in [3.05, 3.63) is 16.2 Å². The van der Waals surface area contributed by atoms with Crippen molar-refractivity contribution in [2.45, 2.75) is 0 Å². The molecule has 0 saturated heterocycles. The highest BCUT2D eigenvalue weighted by Crippen LogP contribution is 2.20. The number of hydrogen-bond acceptors (Lipinski definition) is 5. The third kappa shape index (κ3) is 0.832. The number of carbonyl (C=O) groups excluding carboxylic acids is 1. The highest BCUT2D eigenvalue weighted by Gasteiger charge is 2.16. The molecular formula is C5H3N3O3S. The van der Waals surface area contributed by atoms with Crippen LogP contribution in [0.15, 0.2) is 10.7 Å². The van der Waals surface area contributed by atoms with Crippen molar-refractivity contribution in [2.24, 2.45) is 5.73 Å². The van der Waals surface area contributed by atoms with Crippen LogP contribution in [0.3, 0.4) is 0 Å². The molecule has 2 rings (SSSR count). The molecule has 0 spiro atoms. The van der Waals surface area contributed by atoms with E-state index < -0.39 is 5.91 Å². The molecule has 0 saturated carbocycles. The maximum Gasteiger partial charge on any atom is 0.303 e. The molecule has 0 aliphatic carbocycles. The third-order valence-electron chi connectivity index (χ3n) is 1.33. The first-order valence-electron chi connectivity index (χ1n) is 2.97. The molecule has 0 fully saturated rings. The van der Waals surface area contributed by atoms with Gasteiger partial charge in [-0.2, -0.15) is 0 Å². The molecule has 2 heterocycles. The van der Waals surface area contributed by atoms with Crippen LogP contribution in [-0.2, 0) is 0 Å². The highest BCUT2D eigenvalue weighted by molar-refractivity contribution is 7.20. The van der Waals surface area contributed by atoms with Gasteiger partial charge in [-0.3, -0.25) is 9.42 Å². The number of nitrogens with two attached hydrogens (primary N) is 1. The molecule has 0 aliphatic rings. The summed E-state index contributed by atoms with van der Waals surface area (Å²) in [6, 6.07) is 1.35. The van der Waals surface area contributed by atoms with Gasteiger partial charge in [0.2, 0.25) is 5.52 Å². The Bertz CT molecular complexity index is 446. The Kier molecular flexibility index (Phi) is 1.28. The largest absolute Gasteiger partial charge is 0.365 e. The minimum Gasteiger partial charge on any atom is -0.365 e. The maximum atomic E-state index is 10.8. The van der Waals surface area contributed by atoms with E-state index in [1.165, 1.54) is 6.07 Å². The molecule has 1 amide bonds. The molecule has 2 N–H and O–H groups in total. The summed E-state index contributed by atoms with van der Waals surface area (Å²) in [5.74, 6) is -0.571. The Hall–Kier alpha value is -1.63. The summed E-state index contributed by atoms with van der Waals surface area (Å²) in [4.78, 5) is 11.6. The predicted molar refractivity (Wildman–Crippen MR) is 39.4 cm³/mol. The summed E-state index contributed by atoms with van der Waals surface area (Å²) >= 11 is 1.03. The first kappa shape index (κ1) is 7.04. The minimum atomic E-state index is -0.571. The van der Waals surface area contributed by atoms with Gasteiger partial charge < -0.3 is 10.9 Å². The lowest BCUT2D eigenvalue weighted by Crippen LogP contribution is -2.22. The summed E-state index contributed by atoms with van der Waals surface area (Å²) in [5, 5.41) is 14.2. The molecule has 2 aromatic rings. The zero-order valence-electron chi connectivity index (χ0n) is 5.68. The predicted octanol–water partition coefficient (Wildman–Crippen LogP) is -0.378. The average molecular weight is 185 g/mol. The van der Waals surface area contributed by atoms with Crippen molar-refractivity contribution in [3.8, 4) is 0 Å². The van der Waals surface area contributed by atoms with Crippen LogP contribution in [0.1, 0.15) is 9.67 Å². The van der Waals surface area contributed by atoms with Crippen molar-refractivity contribution >= 4 is 27.6 Å². The molecule has 0 unspecified atom stereocenters. The van der Waals surface area contributed by atoms with E-state index >= 15 is 0 Å². The molecule has 62 valence electrons. The van der Waals surface area contributed by atoms with Gasteiger partial charge in [-0.1, -0.05) is 11.3 Å². The lowest BCUT2D eigenvalue weighted by Gasteiger charge is -1.83. The van der Waals surface area contributed by atoms with Gasteiger partial charge in [0.1, 0.15) is 4.88 Å². The van der Waals surface area contributed by atoms with Crippen molar-refractivity contribution in [1.29, 1.82) is 0 Å². The average Bonchev–Trinajstić information content (AvgIpc) is 2.53. The number of fused-ring (bicyclic) bond motifs is 1. The Balaban J connectivity index is 2.70. The van der Waals surface area contributed by atoms with E-state index in [-0.39, 0.29) is 10.4 Å². The Labute approximate surface area is 69.7 Å². The van der Waals surface area contributed by atoms with Gasteiger partial charge in [0.15, 0.2) is 0 Å². The summed E-state index contributed by atoms with van der Waals surface area (Å²) < 4.78 is 4.26. The molecule has 0 aromatic carbocycles. The number of hydrogen-bond donors (Lipinski definition) is 1. The topological polar surface area (TPSA) is 96.1 Å². The fourth-order valence-corrected chi connectivity index (χ4v) is 1.60. The van der Waals surface area contributed by atoms with Crippen LogP contribution in [0.5, 0.6) is 0 Å². The van der Waals surface area contributed by atoms with Crippen molar-refractivity contribution in [3.63, 3.8) is 0 Å². The van der Waals surface area contributed by atoms with E-state index in [9.17, 15) is 10.0 Å². The molecule has 2 aromatic heterocycles. The Morgan fingerprint density at radius 1 is 1.83 bits per heavy atom. The standard InChI is InChI=1S/C5H3N3O3S/c6-4(9)3-1-2-5(12-3)7-11-8(2)10/h1H,(H2,6,9). The van der Waals surface area contributed by atoms with Gasteiger partial charge >= 0.3 is 4.83 Å². The van der Waals surface area contributed by atoms with E-state index in [1.807, 2.05) is 0 Å². The molecule has 0 radical (unpaired) electrons. The number of aromatic nitrogens is 2. The van der Waals surface area contributed by atoms with Crippen molar-refractivity contribution < 1.29 is 14.3 Å². The van der Waals surface area contributed by atoms with Gasteiger partial charge in [0.25, 0.3) is 5.91 Å². The number of thiophene rings is 1. The molecule has 0 aliphatic heterocycles. The van der Waals surface area contributed by atoms with Crippen molar-refractivity contribution in [2.75, 3.05) is 0 Å². The lowest BCUT2D eigenvalue weighted by molar-refractivity contribution is -0.782. The molecule has 6 nitrogen and oxygen atoms in total. The monoisotopic (exact) mass is 185 g/mol. The highest BCUT2D eigenvalue weighted by atomic mass is 32.1. The fourth-order valence-electron chi connectivity index (χ4n) is 0.808. The Morgan fingerprint density at radius 3 is 3.17 bits per heavy atom. The summed E-state index contributed by atoms with van der Waals surface area (Å²) in [7, 11) is 0. The molecule has 12 heavy (non-hydrogen) atoms. The van der Waals surface area contributed by atoms with Crippen LogP contribution in [0.2, 0.25) is 0 Å². The molecule has 7 heteroatoms. The maximum absolute atomic E-state index is 10.8. The van der Waals surface area contributed by atoms with Gasteiger partial charge in [0.05, 0.1) is 5.16 Å². The summed E-state index contributed by atoms with van der Waals surface area (Å²) in [6.45, 7) is 0. The SMILES string of the molecule is NC(=O)c1cc2c(no[n+]2[O-])s1. The van der Waals surface area contributed by atoms with Gasteiger partial charge in [0, 0.05) is 6.07 Å². The van der Waals surface area contributed by atoms with Crippen LogP contribution >= 0.6 is 11.3 Å². The number of primary amides is 1. The minimum absolute atomic E-state index is 0.230. The molecule has 0 bridgehead atoms. The third-order valence-corrected chi connectivity index (χ3v) is 2.35. The smallest absolute Gasteiger partial charge is 0.303 e. The van der Waals surface area contributed by atoms with E-state index in [1.54, 1.807) is 0 Å². The quantitative estimate of drug-likeness (QED) is 0.612. The van der Waals surface area contributed by atoms with Gasteiger partial charge in [-0.25, -0.2) is 0 Å². The van der Waals surface area contributed by atoms with Gasteiger partial charge in [-0.15, -0.1) is 0 Å². The molecule has 0 atom stereocenters. The normalized spacial score (nSPS) is 10.7. The zero-order chi connectivity index (χ0) is 8.72. The second kappa shape index (κ2) is 2.18. The first-order valence-corrected chi connectivity index (χ1v) is 3.79. The van der Waals surface area contributed by atoms with E-state index in [2.05, 4.69) is 9.79 Å². The number of nitrogens with zero attached hydrogens (tertiary/aromatic N) is 2. The van der Waals surface area contributed by atoms with Crippen LogP contribution < -0.4 is 10.6 Å². The molecular weight excluding hydrogens is 182 g/mol. The van der Waals surface area contributed by atoms with Crippen LogP contribution in [0.4, 0.5) is 0 Å². The van der Waals surface area contributed by atoms with Crippen molar-refractivity contribution in [1.82, 2.24) is 5.16 Å². The number of carbonyl (C=O) groups is 1. The van der Waals surface area contributed by atoms with E-state index in [4.69, 9.17) is 5.73 Å². The van der Waals surface area contributed by atoms with E-state index in [0.717, 1.165) is 11.3 Å². The van der Waals surface area contributed by atoms with E-state index in [0.29, 0.717) is 9.71 Å². The fraction of sp³-hybridized carbons (Fsp3) is 0.